The van der Waals surface area contributed by atoms with Crippen molar-refractivity contribution >= 4 is 5.78 Å². The molecule has 0 saturated heterocycles. The van der Waals surface area contributed by atoms with Crippen LogP contribution in [0.5, 0.6) is 5.75 Å². The van der Waals surface area contributed by atoms with Crippen molar-refractivity contribution in [2.45, 2.75) is 40.3 Å². The number of ketones is 1. The molecule has 2 rings (SSSR count). The molecule has 0 spiro atoms. The smallest absolute Gasteiger partial charge is 0.178 e. The first kappa shape index (κ1) is 17.3. The predicted octanol–water partition coefficient (Wildman–Crippen LogP) is 3.67. The van der Waals surface area contributed by atoms with Gasteiger partial charge in [0.05, 0.1) is 13.7 Å². The van der Waals surface area contributed by atoms with Crippen LogP contribution in [-0.4, -0.2) is 24.0 Å². The Morgan fingerprint density at radius 2 is 1.96 bits per heavy atom. The van der Waals surface area contributed by atoms with Crippen LogP contribution < -0.4 is 10.1 Å². The Morgan fingerprint density at radius 1 is 1.26 bits per heavy atom. The van der Waals surface area contributed by atoms with Gasteiger partial charge >= 0.3 is 0 Å². The average molecular weight is 314 g/mol. The van der Waals surface area contributed by atoms with Crippen molar-refractivity contribution in [3.63, 3.8) is 0 Å². The lowest BCUT2D eigenvalue weighted by Crippen LogP contribution is -2.23. The molecule has 0 aliphatic carbocycles. The number of Topliss-reactive ketones (excluding diaryl/α,β-unsaturated/α-hetero) is 1. The second-order valence-corrected chi connectivity index (χ2v) is 6.09. The van der Waals surface area contributed by atoms with Gasteiger partial charge in [0.25, 0.3) is 0 Å². The summed E-state index contributed by atoms with van der Waals surface area (Å²) in [5, 5.41) is 3.22. The Balaban J connectivity index is 2.02. The van der Waals surface area contributed by atoms with E-state index in [0.717, 1.165) is 28.3 Å². The highest BCUT2D eigenvalue weighted by molar-refractivity contribution is 5.99. The molecule has 1 aromatic heterocycles. The van der Waals surface area contributed by atoms with Crippen molar-refractivity contribution < 1.29 is 9.53 Å². The molecule has 0 saturated carbocycles. The van der Waals surface area contributed by atoms with Crippen molar-refractivity contribution in [1.82, 2.24) is 9.88 Å². The van der Waals surface area contributed by atoms with Crippen LogP contribution in [0.15, 0.2) is 30.3 Å². The second kappa shape index (κ2) is 7.47. The maximum atomic E-state index is 12.5. The summed E-state index contributed by atoms with van der Waals surface area (Å²) < 4.78 is 7.53. The molecule has 0 bridgehead atoms. The standard InChI is InChI=1S/C19H26N2O2/c1-13(2)21-14(3)10-17(15(21)4)18(22)12-20-11-16-8-6-7-9-19(16)23-5/h6-10,13,20H,11-12H2,1-5H3. The zero-order valence-electron chi connectivity index (χ0n) is 14.6. The number of hydrogen-bond acceptors (Lipinski definition) is 3. The van der Waals surface area contributed by atoms with Crippen molar-refractivity contribution in [3.05, 3.63) is 52.8 Å². The van der Waals surface area contributed by atoms with Crippen molar-refractivity contribution in [1.29, 1.82) is 0 Å². The van der Waals surface area contributed by atoms with Crippen molar-refractivity contribution in [2.75, 3.05) is 13.7 Å². The monoisotopic (exact) mass is 314 g/mol. The molecule has 4 nitrogen and oxygen atoms in total. The third-order valence-electron chi connectivity index (χ3n) is 4.09. The van der Waals surface area contributed by atoms with Crippen molar-refractivity contribution in [3.8, 4) is 5.75 Å². The zero-order chi connectivity index (χ0) is 17.0. The lowest BCUT2D eigenvalue weighted by molar-refractivity contribution is 0.0990. The largest absolute Gasteiger partial charge is 0.496 e. The molecule has 124 valence electrons. The van der Waals surface area contributed by atoms with Crippen molar-refractivity contribution in [2.24, 2.45) is 0 Å². The fourth-order valence-corrected chi connectivity index (χ4v) is 3.11. The molecule has 2 aromatic rings. The number of rotatable bonds is 7. The van der Waals surface area contributed by atoms with E-state index in [1.165, 1.54) is 0 Å². The minimum Gasteiger partial charge on any atom is -0.496 e. The molecule has 0 aliphatic rings. The number of aromatic nitrogens is 1. The maximum Gasteiger partial charge on any atom is 0.178 e. The van der Waals surface area contributed by atoms with Gasteiger partial charge in [0.1, 0.15) is 5.75 Å². The van der Waals surface area contributed by atoms with E-state index in [4.69, 9.17) is 4.74 Å². The molecule has 1 N–H and O–H groups in total. The lowest BCUT2D eigenvalue weighted by Gasteiger charge is -2.13. The topological polar surface area (TPSA) is 43.3 Å². The Bertz CT molecular complexity index is 687. The molecule has 23 heavy (non-hydrogen) atoms. The number of benzene rings is 1. The molecular weight excluding hydrogens is 288 g/mol. The fraction of sp³-hybridized carbons (Fsp3) is 0.421. The molecule has 0 amide bonds. The van der Waals surface area contributed by atoms with Crippen LogP contribution in [0.3, 0.4) is 0 Å². The number of ether oxygens (including phenoxy) is 1. The van der Waals surface area contributed by atoms with E-state index < -0.39 is 0 Å². The highest BCUT2D eigenvalue weighted by atomic mass is 16.5. The highest BCUT2D eigenvalue weighted by Gasteiger charge is 2.16. The Labute approximate surface area is 138 Å². The van der Waals surface area contributed by atoms with Crippen LogP contribution in [0.25, 0.3) is 0 Å². The summed E-state index contributed by atoms with van der Waals surface area (Å²) in [6, 6.07) is 10.2. The first-order valence-corrected chi connectivity index (χ1v) is 8.00. The Morgan fingerprint density at radius 3 is 2.57 bits per heavy atom. The minimum absolute atomic E-state index is 0.125. The van der Waals surface area contributed by atoms with E-state index in [-0.39, 0.29) is 5.78 Å². The molecule has 4 heteroatoms. The van der Waals surface area contributed by atoms with Crippen LogP contribution in [0.2, 0.25) is 0 Å². The van der Waals surface area contributed by atoms with Gasteiger partial charge in [0.15, 0.2) is 5.78 Å². The fourth-order valence-electron chi connectivity index (χ4n) is 3.11. The van der Waals surface area contributed by atoms with Crippen LogP contribution >= 0.6 is 0 Å². The molecule has 0 atom stereocenters. The van der Waals surface area contributed by atoms with Gasteiger partial charge in [-0.25, -0.2) is 0 Å². The molecule has 0 fully saturated rings. The van der Waals surface area contributed by atoms with Gasteiger partial charge in [0, 0.05) is 35.1 Å². The minimum atomic E-state index is 0.125. The summed E-state index contributed by atoms with van der Waals surface area (Å²) in [6.07, 6.45) is 0. The molecule has 1 aromatic carbocycles. The first-order chi connectivity index (χ1) is 11.0. The van der Waals surface area contributed by atoms with Gasteiger partial charge < -0.3 is 14.6 Å². The van der Waals surface area contributed by atoms with E-state index >= 15 is 0 Å². The summed E-state index contributed by atoms with van der Waals surface area (Å²) in [7, 11) is 1.66. The quantitative estimate of drug-likeness (QED) is 0.793. The molecule has 1 heterocycles. The van der Waals surface area contributed by atoms with Gasteiger partial charge in [-0.15, -0.1) is 0 Å². The number of hydrogen-bond donors (Lipinski definition) is 1. The third kappa shape index (κ3) is 3.82. The molecule has 0 radical (unpaired) electrons. The second-order valence-electron chi connectivity index (χ2n) is 6.09. The summed E-state index contributed by atoms with van der Waals surface area (Å²) in [5.74, 6) is 0.963. The van der Waals surface area contributed by atoms with E-state index in [1.807, 2.05) is 44.2 Å². The SMILES string of the molecule is COc1ccccc1CNCC(=O)c1cc(C)n(C(C)C)c1C. The summed E-state index contributed by atoms with van der Waals surface area (Å²) >= 11 is 0. The third-order valence-corrected chi connectivity index (χ3v) is 4.09. The number of para-hydroxylation sites is 1. The van der Waals surface area contributed by atoms with Gasteiger partial charge in [-0.1, -0.05) is 18.2 Å². The van der Waals surface area contributed by atoms with E-state index in [0.29, 0.717) is 19.1 Å². The van der Waals surface area contributed by atoms with E-state index in [9.17, 15) is 4.79 Å². The summed E-state index contributed by atoms with van der Waals surface area (Å²) in [4.78, 5) is 12.5. The summed E-state index contributed by atoms with van der Waals surface area (Å²) in [5.41, 5.74) is 4.03. The van der Waals surface area contributed by atoms with E-state index in [2.05, 4.69) is 23.7 Å². The molecule has 0 unspecified atom stereocenters. The predicted molar refractivity (Wildman–Crippen MR) is 93.3 cm³/mol. The number of nitrogens with one attached hydrogen (secondary N) is 1. The van der Waals surface area contributed by atoms with E-state index in [1.54, 1.807) is 7.11 Å². The maximum absolute atomic E-state index is 12.5. The average Bonchev–Trinajstić information content (AvgIpc) is 2.82. The number of methoxy groups -OCH3 is 1. The zero-order valence-corrected chi connectivity index (χ0v) is 14.6. The number of aryl methyl sites for hydroxylation is 1. The van der Waals surface area contributed by atoms with Crippen LogP contribution in [0.1, 0.15) is 47.2 Å². The Kier molecular flexibility index (Phi) is 5.61. The van der Waals surface area contributed by atoms with Gasteiger partial charge in [0.2, 0.25) is 0 Å². The Hall–Kier alpha value is -2.07. The first-order valence-electron chi connectivity index (χ1n) is 8.00. The molecular formula is C19H26N2O2. The highest BCUT2D eigenvalue weighted by Crippen LogP contribution is 2.20. The van der Waals surface area contributed by atoms with Crippen LogP contribution in [-0.2, 0) is 6.54 Å². The van der Waals surface area contributed by atoms with Gasteiger partial charge in [-0.3, -0.25) is 4.79 Å². The lowest BCUT2D eigenvalue weighted by atomic mass is 10.1. The van der Waals surface area contributed by atoms with Crippen LogP contribution in [0, 0.1) is 13.8 Å². The number of carbonyl (C=O) groups is 1. The summed E-state index contributed by atoms with van der Waals surface area (Å²) in [6.45, 7) is 9.26. The van der Waals surface area contributed by atoms with Crippen LogP contribution in [0.4, 0.5) is 0 Å². The number of carbonyl (C=O) groups excluding carboxylic acids is 1. The molecule has 0 aliphatic heterocycles. The van der Waals surface area contributed by atoms with Gasteiger partial charge in [-0.05, 0) is 39.8 Å². The van der Waals surface area contributed by atoms with Gasteiger partial charge in [-0.2, -0.15) is 0 Å². The number of nitrogens with zero attached hydrogens (tertiary/aromatic N) is 1. The normalized spacial score (nSPS) is 11.0.